The van der Waals surface area contributed by atoms with Gasteiger partial charge >= 0.3 is 0 Å². The highest BCUT2D eigenvalue weighted by atomic mass is 16.2. The largest absolute Gasteiger partial charge is 0.353 e. The maximum absolute atomic E-state index is 12.3. The lowest BCUT2D eigenvalue weighted by atomic mass is 9.97. The Bertz CT molecular complexity index is 423. The summed E-state index contributed by atoms with van der Waals surface area (Å²) >= 11 is 0. The summed E-state index contributed by atoms with van der Waals surface area (Å²) < 4.78 is 0. The summed E-state index contributed by atoms with van der Waals surface area (Å²) in [5, 5.41) is 3.12. The van der Waals surface area contributed by atoms with Crippen LogP contribution in [0.2, 0.25) is 0 Å². The molecule has 0 bridgehead atoms. The SMILES string of the molecule is CCC[C@H](C)NC(=O)[C@@H]1CCCN(c2ncccn2)C1. The molecular formula is C15H24N4O. The van der Waals surface area contributed by atoms with Crippen LogP contribution in [0.1, 0.15) is 39.5 Å². The first-order valence-corrected chi connectivity index (χ1v) is 7.53. The summed E-state index contributed by atoms with van der Waals surface area (Å²) in [6.45, 7) is 5.85. The van der Waals surface area contributed by atoms with Crippen molar-refractivity contribution < 1.29 is 4.79 Å². The molecule has 1 fully saturated rings. The van der Waals surface area contributed by atoms with E-state index < -0.39 is 0 Å². The fourth-order valence-electron chi connectivity index (χ4n) is 2.69. The van der Waals surface area contributed by atoms with Crippen LogP contribution in [0.3, 0.4) is 0 Å². The van der Waals surface area contributed by atoms with Crippen molar-refractivity contribution in [3.05, 3.63) is 18.5 Å². The summed E-state index contributed by atoms with van der Waals surface area (Å²) in [5.74, 6) is 0.949. The molecule has 5 nitrogen and oxygen atoms in total. The van der Waals surface area contributed by atoms with E-state index in [4.69, 9.17) is 0 Å². The average molecular weight is 276 g/mol. The van der Waals surface area contributed by atoms with Crippen molar-refractivity contribution in [2.24, 2.45) is 5.92 Å². The molecule has 5 heteroatoms. The molecule has 2 atom stereocenters. The topological polar surface area (TPSA) is 58.1 Å². The number of hydrogen-bond donors (Lipinski definition) is 1. The average Bonchev–Trinajstić information content (AvgIpc) is 2.48. The number of carbonyl (C=O) groups is 1. The van der Waals surface area contributed by atoms with Gasteiger partial charge < -0.3 is 10.2 Å². The van der Waals surface area contributed by atoms with Crippen LogP contribution in [-0.4, -0.2) is 35.0 Å². The molecule has 1 amide bonds. The van der Waals surface area contributed by atoms with Gasteiger partial charge in [0.15, 0.2) is 0 Å². The third-order valence-electron chi connectivity index (χ3n) is 3.74. The first-order valence-electron chi connectivity index (χ1n) is 7.53. The third kappa shape index (κ3) is 3.92. The van der Waals surface area contributed by atoms with Crippen LogP contribution < -0.4 is 10.2 Å². The van der Waals surface area contributed by atoms with Crippen molar-refractivity contribution in [1.82, 2.24) is 15.3 Å². The Morgan fingerprint density at radius 2 is 2.25 bits per heavy atom. The second-order valence-corrected chi connectivity index (χ2v) is 5.53. The Hall–Kier alpha value is -1.65. The molecule has 1 saturated heterocycles. The van der Waals surface area contributed by atoms with Crippen LogP contribution in [0, 0.1) is 5.92 Å². The summed E-state index contributed by atoms with van der Waals surface area (Å²) in [6.07, 6.45) is 7.58. The molecule has 1 N–H and O–H groups in total. The van der Waals surface area contributed by atoms with E-state index in [1.165, 1.54) is 0 Å². The number of aromatic nitrogens is 2. The second-order valence-electron chi connectivity index (χ2n) is 5.53. The maximum Gasteiger partial charge on any atom is 0.225 e. The van der Waals surface area contributed by atoms with E-state index >= 15 is 0 Å². The Labute approximate surface area is 120 Å². The first kappa shape index (κ1) is 14.8. The summed E-state index contributed by atoms with van der Waals surface area (Å²) in [6, 6.07) is 2.07. The van der Waals surface area contributed by atoms with Crippen LogP contribution >= 0.6 is 0 Å². The fraction of sp³-hybridized carbons (Fsp3) is 0.667. The number of carbonyl (C=O) groups excluding carboxylic acids is 1. The Kier molecular flexibility index (Phi) is 5.32. The van der Waals surface area contributed by atoms with Gasteiger partial charge in [-0.05, 0) is 32.3 Å². The van der Waals surface area contributed by atoms with E-state index in [9.17, 15) is 4.79 Å². The van der Waals surface area contributed by atoms with E-state index in [0.29, 0.717) is 6.54 Å². The molecule has 2 heterocycles. The lowest BCUT2D eigenvalue weighted by Gasteiger charge is -2.32. The molecule has 0 radical (unpaired) electrons. The number of anilines is 1. The zero-order valence-electron chi connectivity index (χ0n) is 12.4. The molecule has 0 aromatic carbocycles. The molecule has 2 rings (SSSR count). The molecule has 1 aromatic rings. The van der Waals surface area contributed by atoms with Crippen molar-refractivity contribution in [2.45, 2.75) is 45.6 Å². The molecule has 0 unspecified atom stereocenters. The molecule has 20 heavy (non-hydrogen) atoms. The number of piperidine rings is 1. The van der Waals surface area contributed by atoms with E-state index in [1.54, 1.807) is 12.4 Å². The van der Waals surface area contributed by atoms with Gasteiger partial charge in [-0.15, -0.1) is 0 Å². The zero-order valence-corrected chi connectivity index (χ0v) is 12.4. The normalized spacial score (nSPS) is 20.5. The smallest absolute Gasteiger partial charge is 0.225 e. The van der Waals surface area contributed by atoms with Crippen molar-refractivity contribution in [3.63, 3.8) is 0 Å². The van der Waals surface area contributed by atoms with Gasteiger partial charge in [-0.2, -0.15) is 0 Å². The van der Waals surface area contributed by atoms with Gasteiger partial charge in [-0.1, -0.05) is 13.3 Å². The minimum atomic E-state index is 0.0480. The van der Waals surface area contributed by atoms with Gasteiger partial charge in [-0.3, -0.25) is 4.79 Å². The van der Waals surface area contributed by atoms with Crippen molar-refractivity contribution >= 4 is 11.9 Å². The molecule has 110 valence electrons. The molecular weight excluding hydrogens is 252 g/mol. The minimum Gasteiger partial charge on any atom is -0.353 e. The maximum atomic E-state index is 12.3. The lowest BCUT2D eigenvalue weighted by Crippen LogP contribution is -2.45. The first-order chi connectivity index (χ1) is 9.70. The Morgan fingerprint density at radius 1 is 1.50 bits per heavy atom. The van der Waals surface area contributed by atoms with Gasteiger partial charge in [0.1, 0.15) is 0 Å². The van der Waals surface area contributed by atoms with E-state index in [2.05, 4.69) is 34.0 Å². The summed E-state index contributed by atoms with van der Waals surface area (Å²) in [5.41, 5.74) is 0. The van der Waals surface area contributed by atoms with Crippen LogP contribution in [0.15, 0.2) is 18.5 Å². The fourth-order valence-corrected chi connectivity index (χ4v) is 2.69. The standard InChI is InChI=1S/C15H24N4O/c1-3-6-12(2)18-14(20)13-7-4-10-19(11-13)15-16-8-5-9-17-15/h5,8-9,12-13H,3-4,6-7,10-11H2,1-2H3,(H,18,20)/t12-,13+/m0/s1. The van der Waals surface area contributed by atoms with Crippen LogP contribution in [0.4, 0.5) is 5.95 Å². The monoisotopic (exact) mass is 276 g/mol. The Balaban J connectivity index is 1.91. The quantitative estimate of drug-likeness (QED) is 0.893. The lowest BCUT2D eigenvalue weighted by molar-refractivity contribution is -0.125. The van der Waals surface area contributed by atoms with E-state index in [0.717, 1.165) is 38.2 Å². The van der Waals surface area contributed by atoms with Gasteiger partial charge in [0.25, 0.3) is 0 Å². The minimum absolute atomic E-state index is 0.0480. The highest BCUT2D eigenvalue weighted by Gasteiger charge is 2.27. The predicted octanol–water partition coefficient (Wildman–Crippen LogP) is 2.00. The van der Waals surface area contributed by atoms with Crippen molar-refractivity contribution in [1.29, 1.82) is 0 Å². The number of hydrogen-bond acceptors (Lipinski definition) is 4. The zero-order chi connectivity index (χ0) is 14.4. The van der Waals surface area contributed by atoms with E-state index in [-0.39, 0.29) is 17.9 Å². The molecule has 0 saturated carbocycles. The highest BCUT2D eigenvalue weighted by molar-refractivity contribution is 5.79. The van der Waals surface area contributed by atoms with Gasteiger partial charge in [0, 0.05) is 31.5 Å². The number of nitrogens with one attached hydrogen (secondary N) is 1. The van der Waals surface area contributed by atoms with Crippen LogP contribution in [0.25, 0.3) is 0 Å². The molecule has 0 aliphatic carbocycles. The van der Waals surface area contributed by atoms with Crippen molar-refractivity contribution in [3.8, 4) is 0 Å². The number of rotatable bonds is 5. The summed E-state index contributed by atoms with van der Waals surface area (Å²) in [4.78, 5) is 22.9. The highest BCUT2D eigenvalue weighted by Crippen LogP contribution is 2.20. The van der Waals surface area contributed by atoms with Gasteiger partial charge in [0.2, 0.25) is 11.9 Å². The van der Waals surface area contributed by atoms with Crippen LogP contribution in [0.5, 0.6) is 0 Å². The van der Waals surface area contributed by atoms with Crippen molar-refractivity contribution in [2.75, 3.05) is 18.0 Å². The third-order valence-corrected chi connectivity index (χ3v) is 3.74. The molecule has 1 aromatic heterocycles. The van der Waals surface area contributed by atoms with Gasteiger partial charge in [-0.25, -0.2) is 9.97 Å². The van der Waals surface area contributed by atoms with E-state index in [1.807, 2.05) is 6.07 Å². The number of nitrogens with zero attached hydrogens (tertiary/aromatic N) is 3. The number of amides is 1. The summed E-state index contributed by atoms with van der Waals surface area (Å²) in [7, 11) is 0. The van der Waals surface area contributed by atoms with Crippen LogP contribution in [-0.2, 0) is 4.79 Å². The molecule has 1 aliphatic rings. The molecule has 1 aliphatic heterocycles. The van der Waals surface area contributed by atoms with Gasteiger partial charge in [0.05, 0.1) is 5.92 Å². The molecule has 0 spiro atoms. The second kappa shape index (κ2) is 7.22. The Morgan fingerprint density at radius 3 is 2.95 bits per heavy atom. The predicted molar refractivity (Wildman–Crippen MR) is 79.5 cm³/mol.